The van der Waals surface area contributed by atoms with Crippen molar-refractivity contribution >= 4 is 11.8 Å². The van der Waals surface area contributed by atoms with Crippen LogP contribution in [0.15, 0.2) is 18.2 Å². The van der Waals surface area contributed by atoms with Gasteiger partial charge in [0.15, 0.2) is 11.5 Å². The second-order valence-electron chi connectivity index (χ2n) is 4.45. The molecular formula is C15H24N2O4. The molecule has 0 aromatic heterocycles. The SMILES string of the molecule is COc1cccc(C)c1OC.NC(=O)CCCCC(N)=O. The fourth-order valence-corrected chi connectivity index (χ4v) is 1.65. The number of para-hydroxylation sites is 1. The van der Waals surface area contributed by atoms with Gasteiger partial charge in [-0.2, -0.15) is 0 Å². The number of ether oxygens (including phenoxy) is 2. The molecule has 0 unspecified atom stereocenters. The molecule has 1 aromatic carbocycles. The molecule has 21 heavy (non-hydrogen) atoms. The number of carbonyl (C=O) groups excluding carboxylic acids is 2. The van der Waals surface area contributed by atoms with E-state index >= 15 is 0 Å². The summed E-state index contributed by atoms with van der Waals surface area (Å²) in [7, 11) is 3.28. The van der Waals surface area contributed by atoms with Gasteiger partial charge in [0, 0.05) is 12.8 Å². The molecule has 0 heterocycles. The van der Waals surface area contributed by atoms with Crippen molar-refractivity contribution < 1.29 is 19.1 Å². The molecule has 0 bridgehead atoms. The van der Waals surface area contributed by atoms with Crippen LogP contribution >= 0.6 is 0 Å². The number of carbonyl (C=O) groups is 2. The lowest BCUT2D eigenvalue weighted by Gasteiger charge is -2.08. The van der Waals surface area contributed by atoms with E-state index in [1.165, 1.54) is 0 Å². The molecule has 0 atom stereocenters. The molecular weight excluding hydrogens is 272 g/mol. The standard InChI is InChI=1S/C9H12O2.C6H12N2O2/c1-7-5-4-6-8(10-2)9(7)11-3;7-5(9)3-1-2-4-6(8)10/h4-6H,1-3H3;1-4H2,(H2,7,9)(H2,8,10). The van der Waals surface area contributed by atoms with Crippen molar-refractivity contribution in [1.82, 2.24) is 0 Å². The van der Waals surface area contributed by atoms with Crippen LogP contribution in [0.3, 0.4) is 0 Å². The number of amides is 2. The Hall–Kier alpha value is -2.24. The molecule has 6 heteroatoms. The third-order valence-electron chi connectivity index (χ3n) is 2.70. The van der Waals surface area contributed by atoms with Gasteiger partial charge in [-0.25, -0.2) is 0 Å². The topological polar surface area (TPSA) is 105 Å². The summed E-state index contributed by atoms with van der Waals surface area (Å²) >= 11 is 0. The third kappa shape index (κ3) is 8.52. The molecule has 0 fully saturated rings. The fourth-order valence-electron chi connectivity index (χ4n) is 1.65. The Labute approximate surface area is 125 Å². The van der Waals surface area contributed by atoms with Crippen LogP contribution in [0.5, 0.6) is 11.5 Å². The van der Waals surface area contributed by atoms with Gasteiger partial charge < -0.3 is 20.9 Å². The van der Waals surface area contributed by atoms with Crippen LogP contribution in [0.4, 0.5) is 0 Å². The van der Waals surface area contributed by atoms with E-state index in [-0.39, 0.29) is 11.8 Å². The second-order valence-corrected chi connectivity index (χ2v) is 4.45. The van der Waals surface area contributed by atoms with Crippen molar-refractivity contribution in [3.8, 4) is 11.5 Å². The Morgan fingerprint density at radius 2 is 1.52 bits per heavy atom. The van der Waals surface area contributed by atoms with Gasteiger partial charge >= 0.3 is 0 Å². The molecule has 6 nitrogen and oxygen atoms in total. The van der Waals surface area contributed by atoms with Crippen molar-refractivity contribution in [3.05, 3.63) is 23.8 Å². The summed E-state index contributed by atoms with van der Waals surface area (Å²) < 4.78 is 10.2. The van der Waals surface area contributed by atoms with Gasteiger partial charge in [0.25, 0.3) is 0 Å². The summed E-state index contributed by atoms with van der Waals surface area (Å²) in [6.45, 7) is 1.99. The van der Waals surface area contributed by atoms with E-state index in [1.54, 1.807) is 14.2 Å². The highest BCUT2D eigenvalue weighted by Gasteiger charge is 2.03. The van der Waals surface area contributed by atoms with Gasteiger partial charge in [0.2, 0.25) is 11.8 Å². The number of benzene rings is 1. The minimum Gasteiger partial charge on any atom is -0.493 e. The molecule has 0 aliphatic rings. The van der Waals surface area contributed by atoms with Gasteiger partial charge in [-0.15, -0.1) is 0 Å². The lowest BCUT2D eigenvalue weighted by Crippen LogP contribution is -2.12. The highest BCUT2D eigenvalue weighted by atomic mass is 16.5. The van der Waals surface area contributed by atoms with E-state index in [0.29, 0.717) is 25.7 Å². The van der Waals surface area contributed by atoms with Gasteiger partial charge in [-0.3, -0.25) is 9.59 Å². The average Bonchev–Trinajstić information content (AvgIpc) is 2.43. The molecule has 1 aromatic rings. The number of aryl methyl sites for hydroxylation is 1. The Kier molecular flexibility index (Phi) is 9.41. The number of methoxy groups -OCH3 is 2. The maximum atomic E-state index is 10.2. The van der Waals surface area contributed by atoms with Gasteiger partial charge in [-0.05, 0) is 31.4 Å². The Balaban J connectivity index is 0.000000384. The first-order chi connectivity index (χ1) is 9.92. The molecule has 0 aliphatic heterocycles. The quantitative estimate of drug-likeness (QED) is 0.744. The minimum absolute atomic E-state index is 0.329. The first kappa shape index (κ1) is 18.8. The normalized spacial score (nSPS) is 9.29. The lowest BCUT2D eigenvalue weighted by atomic mass is 10.2. The molecule has 0 saturated heterocycles. The summed E-state index contributed by atoms with van der Waals surface area (Å²) in [5.74, 6) is 0.941. The summed E-state index contributed by atoms with van der Waals surface area (Å²) in [6.07, 6.45) is 1.98. The van der Waals surface area contributed by atoms with Crippen LogP contribution in [0.2, 0.25) is 0 Å². The first-order valence-electron chi connectivity index (χ1n) is 6.66. The molecule has 4 N–H and O–H groups in total. The van der Waals surface area contributed by atoms with Crippen molar-refractivity contribution in [2.45, 2.75) is 32.6 Å². The first-order valence-corrected chi connectivity index (χ1v) is 6.66. The van der Waals surface area contributed by atoms with Crippen LogP contribution in [0, 0.1) is 6.92 Å². The second kappa shape index (κ2) is 10.5. The zero-order valence-electron chi connectivity index (χ0n) is 12.8. The highest BCUT2D eigenvalue weighted by Crippen LogP contribution is 2.29. The minimum atomic E-state index is -0.329. The number of primary amides is 2. The average molecular weight is 296 g/mol. The van der Waals surface area contributed by atoms with Gasteiger partial charge in [0.05, 0.1) is 14.2 Å². The van der Waals surface area contributed by atoms with Crippen molar-refractivity contribution in [2.75, 3.05) is 14.2 Å². The van der Waals surface area contributed by atoms with Crippen molar-refractivity contribution in [3.63, 3.8) is 0 Å². The number of hydrogen-bond donors (Lipinski definition) is 2. The van der Waals surface area contributed by atoms with Crippen LogP contribution in [-0.4, -0.2) is 26.0 Å². The smallest absolute Gasteiger partial charge is 0.217 e. The van der Waals surface area contributed by atoms with E-state index < -0.39 is 0 Å². The van der Waals surface area contributed by atoms with E-state index in [9.17, 15) is 9.59 Å². The van der Waals surface area contributed by atoms with E-state index in [1.807, 2.05) is 25.1 Å². The summed E-state index contributed by atoms with van der Waals surface area (Å²) in [4.78, 5) is 20.3. The van der Waals surface area contributed by atoms with Crippen LogP contribution in [0.1, 0.15) is 31.2 Å². The van der Waals surface area contributed by atoms with Crippen molar-refractivity contribution in [2.24, 2.45) is 11.5 Å². The third-order valence-corrected chi connectivity index (χ3v) is 2.70. The lowest BCUT2D eigenvalue weighted by molar-refractivity contribution is -0.119. The number of hydrogen-bond acceptors (Lipinski definition) is 4. The molecule has 0 aliphatic carbocycles. The van der Waals surface area contributed by atoms with Crippen LogP contribution in [-0.2, 0) is 9.59 Å². The van der Waals surface area contributed by atoms with E-state index in [2.05, 4.69) is 0 Å². The maximum Gasteiger partial charge on any atom is 0.217 e. The van der Waals surface area contributed by atoms with Gasteiger partial charge in [-0.1, -0.05) is 12.1 Å². The Morgan fingerprint density at radius 3 is 1.86 bits per heavy atom. The molecule has 0 spiro atoms. The molecule has 2 amide bonds. The zero-order valence-corrected chi connectivity index (χ0v) is 12.8. The Bertz CT molecular complexity index is 445. The number of nitrogens with two attached hydrogens (primary N) is 2. The molecule has 0 radical (unpaired) electrons. The van der Waals surface area contributed by atoms with Crippen LogP contribution < -0.4 is 20.9 Å². The van der Waals surface area contributed by atoms with E-state index in [4.69, 9.17) is 20.9 Å². The monoisotopic (exact) mass is 296 g/mol. The Morgan fingerprint density at radius 1 is 1.00 bits per heavy atom. The van der Waals surface area contributed by atoms with Gasteiger partial charge in [0.1, 0.15) is 0 Å². The summed E-state index contributed by atoms with van der Waals surface area (Å²) in [6, 6.07) is 5.81. The van der Waals surface area contributed by atoms with E-state index in [0.717, 1.165) is 17.1 Å². The maximum absolute atomic E-state index is 10.2. The fraction of sp³-hybridized carbons (Fsp3) is 0.467. The number of rotatable bonds is 7. The molecule has 1 rings (SSSR count). The highest BCUT2D eigenvalue weighted by molar-refractivity contribution is 5.74. The predicted octanol–water partition coefficient (Wildman–Crippen LogP) is 1.53. The van der Waals surface area contributed by atoms with Crippen molar-refractivity contribution in [1.29, 1.82) is 0 Å². The zero-order chi connectivity index (χ0) is 16.3. The predicted molar refractivity (Wildman–Crippen MR) is 81.1 cm³/mol. The molecule has 118 valence electrons. The summed E-state index contributed by atoms with van der Waals surface area (Å²) in [5, 5.41) is 0. The largest absolute Gasteiger partial charge is 0.493 e. The molecule has 0 saturated carbocycles. The number of unbranched alkanes of at least 4 members (excludes halogenated alkanes) is 1. The summed E-state index contributed by atoms with van der Waals surface area (Å²) in [5.41, 5.74) is 10.8. The van der Waals surface area contributed by atoms with Crippen LogP contribution in [0.25, 0.3) is 0 Å².